The first-order chi connectivity index (χ1) is 8.75. The third kappa shape index (κ3) is 3.55. The van der Waals surface area contributed by atoms with Gasteiger partial charge >= 0.3 is 0 Å². The summed E-state index contributed by atoms with van der Waals surface area (Å²) in [5.74, 6) is 1.78. The van der Waals surface area contributed by atoms with E-state index in [4.69, 9.17) is 0 Å². The zero-order valence-electron chi connectivity index (χ0n) is 10.9. The zero-order valence-corrected chi connectivity index (χ0v) is 10.9. The third-order valence-electron chi connectivity index (χ3n) is 2.81. The minimum atomic E-state index is 0.708. The smallest absolute Gasteiger partial charge is 0.222 e. The SMILES string of the molecule is Cc1cnc(NCCCCn2ccnc2C)nc1. The molecule has 1 N–H and O–H groups in total. The average molecular weight is 245 g/mol. The predicted molar refractivity (Wildman–Crippen MR) is 71.5 cm³/mol. The largest absolute Gasteiger partial charge is 0.354 e. The van der Waals surface area contributed by atoms with Crippen LogP contribution in [0.3, 0.4) is 0 Å². The number of aromatic nitrogens is 4. The van der Waals surface area contributed by atoms with Crippen molar-refractivity contribution in [2.75, 3.05) is 11.9 Å². The molecule has 0 spiro atoms. The summed E-state index contributed by atoms with van der Waals surface area (Å²) in [6.45, 7) is 5.93. The molecule has 0 saturated carbocycles. The second-order valence-corrected chi connectivity index (χ2v) is 4.39. The van der Waals surface area contributed by atoms with Crippen LogP contribution in [0.2, 0.25) is 0 Å². The van der Waals surface area contributed by atoms with Gasteiger partial charge in [-0.3, -0.25) is 0 Å². The van der Waals surface area contributed by atoms with E-state index in [1.165, 1.54) is 0 Å². The molecule has 96 valence electrons. The van der Waals surface area contributed by atoms with Gasteiger partial charge in [-0.05, 0) is 32.3 Å². The van der Waals surface area contributed by atoms with Gasteiger partial charge < -0.3 is 9.88 Å². The normalized spacial score (nSPS) is 10.6. The van der Waals surface area contributed by atoms with Gasteiger partial charge in [0, 0.05) is 37.9 Å². The van der Waals surface area contributed by atoms with E-state index in [2.05, 4.69) is 24.8 Å². The van der Waals surface area contributed by atoms with E-state index in [9.17, 15) is 0 Å². The van der Waals surface area contributed by atoms with Crippen molar-refractivity contribution in [3.05, 3.63) is 36.2 Å². The number of nitrogens with zero attached hydrogens (tertiary/aromatic N) is 4. The van der Waals surface area contributed by atoms with Crippen molar-refractivity contribution in [2.24, 2.45) is 0 Å². The molecule has 2 heterocycles. The van der Waals surface area contributed by atoms with Crippen LogP contribution >= 0.6 is 0 Å². The average Bonchev–Trinajstić information content (AvgIpc) is 2.77. The van der Waals surface area contributed by atoms with Gasteiger partial charge in [0.15, 0.2) is 0 Å². The second kappa shape index (κ2) is 6.14. The van der Waals surface area contributed by atoms with Crippen molar-refractivity contribution in [2.45, 2.75) is 33.2 Å². The topological polar surface area (TPSA) is 55.6 Å². The zero-order chi connectivity index (χ0) is 12.8. The van der Waals surface area contributed by atoms with E-state index in [-0.39, 0.29) is 0 Å². The van der Waals surface area contributed by atoms with Crippen LogP contribution in [0.5, 0.6) is 0 Å². The Morgan fingerprint density at radius 3 is 2.56 bits per heavy atom. The summed E-state index contributed by atoms with van der Waals surface area (Å²) in [5, 5.41) is 3.22. The monoisotopic (exact) mass is 245 g/mol. The Labute approximate surface area is 107 Å². The molecule has 0 aromatic carbocycles. The molecular formula is C13H19N5. The first-order valence-electron chi connectivity index (χ1n) is 6.26. The van der Waals surface area contributed by atoms with Crippen molar-refractivity contribution < 1.29 is 0 Å². The minimum absolute atomic E-state index is 0.708. The fraction of sp³-hybridized carbons (Fsp3) is 0.462. The number of unbranched alkanes of at least 4 members (excludes halogenated alkanes) is 1. The molecule has 0 atom stereocenters. The summed E-state index contributed by atoms with van der Waals surface area (Å²) in [4.78, 5) is 12.6. The Hall–Kier alpha value is -1.91. The molecule has 0 aliphatic carbocycles. The van der Waals surface area contributed by atoms with Crippen LogP contribution in [0, 0.1) is 13.8 Å². The Bertz CT molecular complexity index is 474. The van der Waals surface area contributed by atoms with Gasteiger partial charge in [0.1, 0.15) is 5.82 Å². The molecule has 0 aliphatic heterocycles. The predicted octanol–water partition coefficient (Wildman–Crippen LogP) is 2.18. The van der Waals surface area contributed by atoms with Gasteiger partial charge in [0.05, 0.1) is 0 Å². The Morgan fingerprint density at radius 1 is 1.11 bits per heavy atom. The maximum Gasteiger partial charge on any atom is 0.222 e. The number of imidazole rings is 1. The highest BCUT2D eigenvalue weighted by atomic mass is 15.1. The highest BCUT2D eigenvalue weighted by Gasteiger charge is 1.97. The van der Waals surface area contributed by atoms with Gasteiger partial charge in [-0.2, -0.15) is 0 Å². The highest BCUT2D eigenvalue weighted by Crippen LogP contribution is 2.02. The van der Waals surface area contributed by atoms with Crippen LogP contribution < -0.4 is 5.32 Å². The van der Waals surface area contributed by atoms with Crippen LogP contribution in [0.4, 0.5) is 5.95 Å². The van der Waals surface area contributed by atoms with E-state index >= 15 is 0 Å². The molecule has 0 aliphatic rings. The molecule has 0 saturated heterocycles. The first-order valence-corrected chi connectivity index (χ1v) is 6.26. The van der Waals surface area contributed by atoms with E-state index in [0.717, 1.165) is 37.3 Å². The maximum atomic E-state index is 4.20. The number of nitrogens with one attached hydrogen (secondary N) is 1. The standard InChI is InChI=1S/C13H19N5/c1-11-9-16-13(17-10-11)15-5-3-4-7-18-8-6-14-12(18)2/h6,8-10H,3-5,7H2,1-2H3,(H,15,16,17). The van der Waals surface area contributed by atoms with E-state index in [1.807, 2.05) is 38.6 Å². The quantitative estimate of drug-likeness (QED) is 0.793. The number of rotatable bonds is 6. The molecule has 2 rings (SSSR count). The molecule has 18 heavy (non-hydrogen) atoms. The second-order valence-electron chi connectivity index (χ2n) is 4.39. The van der Waals surface area contributed by atoms with Crippen LogP contribution in [-0.2, 0) is 6.54 Å². The van der Waals surface area contributed by atoms with E-state index in [1.54, 1.807) is 0 Å². The fourth-order valence-corrected chi connectivity index (χ4v) is 1.73. The Kier molecular flexibility index (Phi) is 4.28. The first kappa shape index (κ1) is 12.5. The Morgan fingerprint density at radius 2 is 1.89 bits per heavy atom. The van der Waals surface area contributed by atoms with Gasteiger partial charge in [-0.25, -0.2) is 15.0 Å². The van der Waals surface area contributed by atoms with E-state index < -0.39 is 0 Å². The van der Waals surface area contributed by atoms with Crippen LogP contribution in [0.15, 0.2) is 24.8 Å². The highest BCUT2D eigenvalue weighted by molar-refractivity contribution is 5.23. The van der Waals surface area contributed by atoms with Gasteiger partial charge in [-0.1, -0.05) is 0 Å². The van der Waals surface area contributed by atoms with E-state index in [0.29, 0.717) is 5.95 Å². The molecule has 0 amide bonds. The lowest BCUT2D eigenvalue weighted by atomic mass is 10.3. The molecule has 5 nitrogen and oxygen atoms in total. The number of hydrogen-bond donors (Lipinski definition) is 1. The lowest BCUT2D eigenvalue weighted by Crippen LogP contribution is -2.07. The van der Waals surface area contributed by atoms with Crippen molar-refractivity contribution >= 4 is 5.95 Å². The van der Waals surface area contributed by atoms with Crippen LogP contribution in [0.25, 0.3) is 0 Å². The van der Waals surface area contributed by atoms with Crippen molar-refractivity contribution in [3.8, 4) is 0 Å². The molecule has 2 aromatic heterocycles. The lowest BCUT2D eigenvalue weighted by molar-refractivity contribution is 0.606. The molecule has 0 fully saturated rings. The van der Waals surface area contributed by atoms with Gasteiger partial charge in [0.25, 0.3) is 0 Å². The van der Waals surface area contributed by atoms with Crippen molar-refractivity contribution in [1.82, 2.24) is 19.5 Å². The molecule has 2 aromatic rings. The van der Waals surface area contributed by atoms with Crippen LogP contribution in [-0.4, -0.2) is 26.1 Å². The summed E-state index contributed by atoms with van der Waals surface area (Å²) < 4.78 is 2.17. The van der Waals surface area contributed by atoms with Crippen LogP contribution in [0.1, 0.15) is 24.2 Å². The maximum absolute atomic E-state index is 4.20. The molecule has 0 bridgehead atoms. The third-order valence-corrected chi connectivity index (χ3v) is 2.81. The number of anilines is 1. The molecular weight excluding hydrogens is 226 g/mol. The Balaban J connectivity index is 1.64. The summed E-state index contributed by atoms with van der Waals surface area (Å²) in [6, 6.07) is 0. The summed E-state index contributed by atoms with van der Waals surface area (Å²) in [7, 11) is 0. The van der Waals surface area contributed by atoms with Crippen molar-refractivity contribution in [3.63, 3.8) is 0 Å². The number of aryl methyl sites for hydroxylation is 3. The van der Waals surface area contributed by atoms with Gasteiger partial charge in [0.2, 0.25) is 5.95 Å². The minimum Gasteiger partial charge on any atom is -0.354 e. The van der Waals surface area contributed by atoms with Gasteiger partial charge in [-0.15, -0.1) is 0 Å². The van der Waals surface area contributed by atoms with Crippen molar-refractivity contribution in [1.29, 1.82) is 0 Å². The summed E-state index contributed by atoms with van der Waals surface area (Å²) in [6.07, 6.45) is 9.72. The number of hydrogen-bond acceptors (Lipinski definition) is 4. The summed E-state index contributed by atoms with van der Waals surface area (Å²) >= 11 is 0. The molecule has 0 unspecified atom stereocenters. The summed E-state index contributed by atoms with van der Waals surface area (Å²) in [5.41, 5.74) is 1.08. The lowest BCUT2D eigenvalue weighted by Gasteiger charge is -2.06. The molecule has 5 heteroatoms. The molecule has 0 radical (unpaired) electrons. The fourth-order valence-electron chi connectivity index (χ4n) is 1.73.